The molecule has 4 nitrogen and oxygen atoms in total. The second-order valence-corrected chi connectivity index (χ2v) is 3.50. The van der Waals surface area contributed by atoms with Crippen molar-refractivity contribution in [2.45, 2.75) is 18.8 Å². The summed E-state index contributed by atoms with van der Waals surface area (Å²) in [5.41, 5.74) is 1.79. The van der Waals surface area contributed by atoms with Gasteiger partial charge in [-0.05, 0) is 25.0 Å². The summed E-state index contributed by atoms with van der Waals surface area (Å²) in [4.78, 5) is 0. The summed E-state index contributed by atoms with van der Waals surface area (Å²) in [7, 11) is 0. The van der Waals surface area contributed by atoms with E-state index in [1.54, 1.807) is 6.20 Å². The van der Waals surface area contributed by atoms with Gasteiger partial charge in [-0.2, -0.15) is 5.10 Å². The molecule has 0 bridgehead atoms. The Balaban J connectivity index is 1.96. The molecule has 2 heterocycles. The molecule has 0 unspecified atom stereocenters. The van der Waals surface area contributed by atoms with Crippen molar-refractivity contribution < 1.29 is 4.52 Å². The second kappa shape index (κ2) is 2.90. The molecule has 0 aliphatic heterocycles. The maximum atomic E-state index is 5.20. The monoisotopic (exact) mass is 187 g/mol. The quantitative estimate of drug-likeness (QED) is 0.721. The third-order valence-electron chi connectivity index (χ3n) is 2.35. The predicted molar refractivity (Wildman–Crippen MR) is 49.5 cm³/mol. The fourth-order valence-electron chi connectivity index (χ4n) is 1.41. The molecule has 1 fully saturated rings. The van der Waals surface area contributed by atoms with Crippen LogP contribution in [-0.4, -0.2) is 15.4 Å². The van der Waals surface area contributed by atoms with Crippen molar-refractivity contribution in [3.63, 3.8) is 0 Å². The molecule has 0 amide bonds. The summed E-state index contributed by atoms with van der Waals surface area (Å²) in [6, 6.07) is 5.66. The fraction of sp³-hybridized carbons (Fsp3) is 0.300. The molecule has 0 N–H and O–H groups in total. The summed E-state index contributed by atoms with van der Waals surface area (Å²) < 4.78 is 5.20. The Hall–Kier alpha value is -1.71. The van der Waals surface area contributed by atoms with Gasteiger partial charge in [0.05, 0.1) is 5.69 Å². The highest BCUT2D eigenvalue weighted by molar-refractivity contribution is 5.51. The van der Waals surface area contributed by atoms with E-state index in [9.17, 15) is 0 Å². The zero-order valence-corrected chi connectivity index (χ0v) is 7.55. The minimum absolute atomic E-state index is 0.615. The highest BCUT2D eigenvalue weighted by Gasteiger charge is 2.27. The van der Waals surface area contributed by atoms with Crippen LogP contribution in [0.3, 0.4) is 0 Å². The Bertz CT molecular complexity index is 434. The van der Waals surface area contributed by atoms with Gasteiger partial charge in [-0.1, -0.05) is 5.16 Å². The van der Waals surface area contributed by atoms with E-state index in [1.165, 1.54) is 12.8 Å². The van der Waals surface area contributed by atoms with Gasteiger partial charge in [0, 0.05) is 18.2 Å². The predicted octanol–water partition coefficient (Wildman–Crippen LogP) is 2.01. The zero-order chi connectivity index (χ0) is 9.38. The number of aromatic nitrogens is 3. The van der Waals surface area contributed by atoms with E-state index in [2.05, 4.69) is 15.4 Å². The van der Waals surface area contributed by atoms with Crippen molar-refractivity contribution in [3.05, 3.63) is 30.1 Å². The summed E-state index contributed by atoms with van der Waals surface area (Å²) in [6.45, 7) is 0. The molecular formula is C10H9N3O. The maximum Gasteiger partial charge on any atom is 0.187 e. The minimum atomic E-state index is 0.615. The second-order valence-electron chi connectivity index (χ2n) is 3.50. The highest BCUT2D eigenvalue weighted by Crippen LogP contribution is 2.40. The van der Waals surface area contributed by atoms with Crippen molar-refractivity contribution in [3.8, 4) is 11.5 Å². The minimum Gasteiger partial charge on any atom is -0.354 e. The standard InChI is InChI=1S/C10H9N3O/c1-2-8(12-11-5-1)10-6-9(13-14-10)7-3-4-7/h1-2,5-7H,3-4H2. The number of hydrogen-bond donors (Lipinski definition) is 0. The number of hydrogen-bond acceptors (Lipinski definition) is 4. The van der Waals surface area contributed by atoms with Crippen LogP contribution in [0.1, 0.15) is 24.5 Å². The molecule has 14 heavy (non-hydrogen) atoms. The van der Waals surface area contributed by atoms with Gasteiger partial charge >= 0.3 is 0 Å². The lowest BCUT2D eigenvalue weighted by Gasteiger charge is -1.89. The van der Waals surface area contributed by atoms with Crippen LogP contribution in [0, 0.1) is 0 Å². The first-order chi connectivity index (χ1) is 6.93. The molecule has 1 saturated carbocycles. The molecule has 0 saturated heterocycles. The van der Waals surface area contributed by atoms with Crippen LogP contribution < -0.4 is 0 Å². The Kier molecular flexibility index (Phi) is 1.59. The van der Waals surface area contributed by atoms with E-state index < -0.39 is 0 Å². The summed E-state index contributed by atoms with van der Waals surface area (Å²) in [5, 5.41) is 11.8. The molecular weight excluding hydrogens is 178 g/mol. The number of nitrogens with zero attached hydrogens (tertiary/aromatic N) is 3. The van der Waals surface area contributed by atoms with E-state index in [0.29, 0.717) is 11.7 Å². The molecule has 1 aliphatic rings. The Labute approximate surface area is 81.0 Å². The average molecular weight is 187 g/mol. The first-order valence-corrected chi connectivity index (χ1v) is 4.68. The van der Waals surface area contributed by atoms with E-state index in [1.807, 2.05) is 18.2 Å². The van der Waals surface area contributed by atoms with Gasteiger partial charge in [0.15, 0.2) is 5.76 Å². The lowest BCUT2D eigenvalue weighted by atomic mass is 10.2. The Morgan fingerprint density at radius 2 is 2.29 bits per heavy atom. The van der Waals surface area contributed by atoms with Crippen molar-refractivity contribution in [2.24, 2.45) is 0 Å². The summed E-state index contributed by atoms with van der Waals surface area (Å²) in [5.74, 6) is 1.32. The topological polar surface area (TPSA) is 51.8 Å². The van der Waals surface area contributed by atoms with Crippen LogP contribution in [0.5, 0.6) is 0 Å². The first-order valence-electron chi connectivity index (χ1n) is 4.68. The Morgan fingerprint density at radius 1 is 1.36 bits per heavy atom. The molecule has 0 atom stereocenters. The van der Waals surface area contributed by atoms with Crippen LogP contribution in [0.4, 0.5) is 0 Å². The van der Waals surface area contributed by atoms with Crippen molar-refractivity contribution >= 4 is 0 Å². The molecule has 0 radical (unpaired) electrons. The highest BCUT2D eigenvalue weighted by atomic mass is 16.5. The van der Waals surface area contributed by atoms with Crippen LogP contribution in [0.25, 0.3) is 11.5 Å². The fourth-order valence-corrected chi connectivity index (χ4v) is 1.41. The van der Waals surface area contributed by atoms with Crippen molar-refractivity contribution in [1.82, 2.24) is 15.4 Å². The Morgan fingerprint density at radius 3 is 3.00 bits per heavy atom. The third kappa shape index (κ3) is 1.28. The molecule has 70 valence electrons. The average Bonchev–Trinajstić information content (AvgIpc) is 2.98. The van der Waals surface area contributed by atoms with Crippen molar-refractivity contribution in [2.75, 3.05) is 0 Å². The lowest BCUT2D eigenvalue weighted by Crippen LogP contribution is -1.82. The van der Waals surface area contributed by atoms with E-state index in [0.717, 1.165) is 11.4 Å². The van der Waals surface area contributed by atoms with E-state index >= 15 is 0 Å². The zero-order valence-electron chi connectivity index (χ0n) is 7.55. The molecule has 0 aromatic carbocycles. The molecule has 1 aliphatic carbocycles. The largest absolute Gasteiger partial charge is 0.354 e. The van der Waals surface area contributed by atoms with Gasteiger partial charge in [-0.3, -0.25) is 0 Å². The maximum absolute atomic E-state index is 5.20. The lowest BCUT2D eigenvalue weighted by molar-refractivity contribution is 0.422. The van der Waals surface area contributed by atoms with Crippen LogP contribution in [0.15, 0.2) is 28.9 Å². The molecule has 0 spiro atoms. The van der Waals surface area contributed by atoms with Crippen molar-refractivity contribution in [1.29, 1.82) is 0 Å². The van der Waals surface area contributed by atoms with Gasteiger partial charge < -0.3 is 4.52 Å². The first kappa shape index (κ1) is 7.67. The van der Waals surface area contributed by atoms with Crippen LogP contribution in [0.2, 0.25) is 0 Å². The smallest absolute Gasteiger partial charge is 0.187 e. The third-order valence-corrected chi connectivity index (χ3v) is 2.35. The van der Waals surface area contributed by atoms with Crippen LogP contribution in [-0.2, 0) is 0 Å². The van der Waals surface area contributed by atoms with Gasteiger partial charge in [-0.15, -0.1) is 5.10 Å². The van der Waals surface area contributed by atoms with E-state index in [-0.39, 0.29) is 0 Å². The SMILES string of the molecule is c1cnnc(-c2cc(C3CC3)no2)c1. The van der Waals surface area contributed by atoms with Gasteiger partial charge in [-0.25, -0.2) is 0 Å². The normalized spacial score (nSPS) is 15.7. The number of rotatable bonds is 2. The van der Waals surface area contributed by atoms with Crippen LogP contribution >= 0.6 is 0 Å². The van der Waals surface area contributed by atoms with Gasteiger partial charge in [0.25, 0.3) is 0 Å². The molecule has 3 rings (SSSR count). The van der Waals surface area contributed by atoms with Gasteiger partial charge in [0.2, 0.25) is 0 Å². The summed E-state index contributed by atoms with van der Waals surface area (Å²) in [6.07, 6.45) is 4.10. The molecule has 2 aromatic rings. The molecule has 4 heteroatoms. The van der Waals surface area contributed by atoms with E-state index in [4.69, 9.17) is 4.52 Å². The van der Waals surface area contributed by atoms with Gasteiger partial charge in [0.1, 0.15) is 5.69 Å². The molecule has 2 aromatic heterocycles. The summed E-state index contributed by atoms with van der Waals surface area (Å²) >= 11 is 0.